The summed E-state index contributed by atoms with van der Waals surface area (Å²) < 4.78 is 7.29. The second kappa shape index (κ2) is 6.33. The highest BCUT2D eigenvalue weighted by Crippen LogP contribution is 2.24. The summed E-state index contributed by atoms with van der Waals surface area (Å²) in [6.45, 7) is 5.40. The first-order chi connectivity index (χ1) is 9.26. The van der Waals surface area contributed by atoms with Crippen LogP contribution in [0.2, 0.25) is 0 Å². The molecule has 0 radical (unpaired) electrons. The molecule has 0 aliphatic carbocycles. The monoisotopic (exact) mass is 261 g/mol. The second-order valence-electron chi connectivity index (χ2n) is 4.28. The lowest BCUT2D eigenvalue weighted by molar-refractivity contribution is 0.206. The highest BCUT2D eigenvalue weighted by Gasteiger charge is 2.15. The van der Waals surface area contributed by atoms with Crippen molar-refractivity contribution < 1.29 is 9.84 Å². The van der Waals surface area contributed by atoms with Crippen LogP contribution < -0.4 is 4.74 Å². The molecular formula is C14H19N3O2. The van der Waals surface area contributed by atoms with Gasteiger partial charge in [-0.05, 0) is 25.5 Å². The number of hydrogen-bond acceptors (Lipinski definition) is 4. The van der Waals surface area contributed by atoms with Crippen molar-refractivity contribution in [3.05, 3.63) is 42.0 Å². The Labute approximate surface area is 112 Å². The molecule has 0 bridgehead atoms. The van der Waals surface area contributed by atoms with Gasteiger partial charge in [-0.25, -0.2) is 0 Å². The van der Waals surface area contributed by atoms with Gasteiger partial charge in [0, 0.05) is 24.5 Å². The second-order valence-corrected chi connectivity index (χ2v) is 4.28. The van der Waals surface area contributed by atoms with E-state index in [2.05, 4.69) is 10.1 Å². The molecule has 2 heterocycles. The molecule has 1 unspecified atom stereocenters. The zero-order valence-electron chi connectivity index (χ0n) is 11.3. The Morgan fingerprint density at radius 3 is 2.95 bits per heavy atom. The van der Waals surface area contributed by atoms with Crippen LogP contribution in [0.25, 0.3) is 0 Å². The summed E-state index contributed by atoms with van der Waals surface area (Å²) in [5, 5.41) is 14.5. The zero-order chi connectivity index (χ0) is 13.7. The fourth-order valence-electron chi connectivity index (χ4n) is 1.89. The van der Waals surface area contributed by atoms with Crippen molar-refractivity contribution in [3.8, 4) is 5.75 Å². The number of hydrogen-bond donors (Lipinski definition) is 1. The molecule has 0 aliphatic rings. The molecule has 0 spiro atoms. The van der Waals surface area contributed by atoms with Crippen LogP contribution in [-0.4, -0.2) is 26.5 Å². The standard InChI is InChI=1S/C14H19N3O2/c1-3-7-19-12-8-11(9-15-10-12)14(18)13-5-6-16-17(13)4-2/h5-6,8-10,14,18H,3-4,7H2,1-2H3. The van der Waals surface area contributed by atoms with Crippen LogP contribution in [0.15, 0.2) is 30.7 Å². The molecule has 2 aromatic rings. The number of ether oxygens (including phenoxy) is 1. The highest BCUT2D eigenvalue weighted by molar-refractivity contribution is 5.29. The van der Waals surface area contributed by atoms with Crippen molar-refractivity contribution in [2.45, 2.75) is 32.9 Å². The van der Waals surface area contributed by atoms with E-state index in [0.717, 1.165) is 18.7 Å². The van der Waals surface area contributed by atoms with E-state index in [0.29, 0.717) is 17.9 Å². The van der Waals surface area contributed by atoms with E-state index in [1.165, 1.54) is 0 Å². The first-order valence-electron chi connectivity index (χ1n) is 6.53. The molecular weight excluding hydrogens is 242 g/mol. The fourth-order valence-corrected chi connectivity index (χ4v) is 1.89. The predicted octanol–water partition coefficient (Wildman–Crippen LogP) is 2.17. The molecule has 0 aliphatic heterocycles. The van der Waals surface area contributed by atoms with Crippen LogP contribution in [0, 0.1) is 0 Å². The molecule has 0 saturated heterocycles. The molecule has 0 amide bonds. The molecule has 1 N–H and O–H groups in total. The Bertz CT molecular complexity index is 525. The maximum Gasteiger partial charge on any atom is 0.137 e. The normalized spacial score (nSPS) is 12.4. The topological polar surface area (TPSA) is 60.2 Å². The smallest absolute Gasteiger partial charge is 0.137 e. The number of aryl methyl sites for hydroxylation is 1. The Morgan fingerprint density at radius 1 is 1.37 bits per heavy atom. The third-order valence-electron chi connectivity index (χ3n) is 2.85. The third-order valence-corrected chi connectivity index (χ3v) is 2.85. The lowest BCUT2D eigenvalue weighted by Gasteiger charge is -2.13. The van der Waals surface area contributed by atoms with Crippen molar-refractivity contribution in [2.75, 3.05) is 6.61 Å². The minimum absolute atomic E-state index is 0.647. The minimum Gasteiger partial charge on any atom is -0.492 e. The van der Waals surface area contributed by atoms with Crippen LogP contribution in [0.5, 0.6) is 5.75 Å². The van der Waals surface area contributed by atoms with Gasteiger partial charge in [0.05, 0.1) is 18.5 Å². The van der Waals surface area contributed by atoms with Gasteiger partial charge in [0.2, 0.25) is 0 Å². The Hall–Kier alpha value is -1.88. The molecule has 2 rings (SSSR count). The van der Waals surface area contributed by atoms with Gasteiger partial charge in [0.1, 0.15) is 11.9 Å². The molecule has 5 heteroatoms. The Morgan fingerprint density at radius 2 is 2.21 bits per heavy atom. The third kappa shape index (κ3) is 3.12. The van der Waals surface area contributed by atoms with Gasteiger partial charge in [-0.3, -0.25) is 9.67 Å². The summed E-state index contributed by atoms with van der Waals surface area (Å²) in [4.78, 5) is 4.11. The lowest BCUT2D eigenvalue weighted by Crippen LogP contribution is -2.09. The molecule has 2 aromatic heterocycles. The van der Waals surface area contributed by atoms with E-state index in [1.54, 1.807) is 23.3 Å². The quantitative estimate of drug-likeness (QED) is 0.865. The minimum atomic E-state index is -0.736. The average molecular weight is 261 g/mol. The van der Waals surface area contributed by atoms with E-state index in [-0.39, 0.29) is 0 Å². The van der Waals surface area contributed by atoms with Crippen molar-refractivity contribution in [3.63, 3.8) is 0 Å². The lowest BCUT2D eigenvalue weighted by atomic mass is 10.1. The molecule has 0 saturated carbocycles. The first kappa shape index (κ1) is 13.5. The van der Waals surface area contributed by atoms with Crippen LogP contribution in [0.4, 0.5) is 0 Å². The van der Waals surface area contributed by atoms with Gasteiger partial charge in [-0.15, -0.1) is 0 Å². The molecule has 19 heavy (non-hydrogen) atoms. The largest absolute Gasteiger partial charge is 0.492 e. The average Bonchev–Trinajstić information content (AvgIpc) is 2.93. The van der Waals surface area contributed by atoms with Gasteiger partial charge in [0.25, 0.3) is 0 Å². The van der Waals surface area contributed by atoms with Crippen molar-refractivity contribution in [1.82, 2.24) is 14.8 Å². The predicted molar refractivity (Wildman–Crippen MR) is 72.0 cm³/mol. The maximum atomic E-state index is 10.4. The summed E-state index contributed by atoms with van der Waals surface area (Å²) in [6.07, 6.45) is 5.20. The highest BCUT2D eigenvalue weighted by atomic mass is 16.5. The van der Waals surface area contributed by atoms with E-state index in [9.17, 15) is 5.11 Å². The van der Waals surface area contributed by atoms with Crippen LogP contribution >= 0.6 is 0 Å². The van der Waals surface area contributed by atoms with Gasteiger partial charge in [-0.1, -0.05) is 6.92 Å². The Kier molecular flexibility index (Phi) is 4.52. The SMILES string of the molecule is CCCOc1cncc(C(O)c2ccnn2CC)c1. The number of aromatic nitrogens is 3. The van der Waals surface area contributed by atoms with Crippen molar-refractivity contribution in [1.29, 1.82) is 0 Å². The molecule has 0 fully saturated rings. The van der Waals surface area contributed by atoms with E-state index in [1.807, 2.05) is 26.0 Å². The van der Waals surface area contributed by atoms with Gasteiger partial charge < -0.3 is 9.84 Å². The maximum absolute atomic E-state index is 10.4. The summed E-state index contributed by atoms with van der Waals surface area (Å²) in [5.74, 6) is 0.681. The van der Waals surface area contributed by atoms with E-state index in [4.69, 9.17) is 4.74 Å². The van der Waals surface area contributed by atoms with Crippen LogP contribution in [-0.2, 0) is 6.54 Å². The summed E-state index contributed by atoms with van der Waals surface area (Å²) >= 11 is 0. The van der Waals surface area contributed by atoms with E-state index >= 15 is 0 Å². The van der Waals surface area contributed by atoms with Crippen LogP contribution in [0.3, 0.4) is 0 Å². The number of rotatable bonds is 6. The first-order valence-corrected chi connectivity index (χ1v) is 6.53. The molecule has 5 nitrogen and oxygen atoms in total. The van der Waals surface area contributed by atoms with Crippen molar-refractivity contribution in [2.24, 2.45) is 0 Å². The van der Waals surface area contributed by atoms with Crippen LogP contribution in [0.1, 0.15) is 37.6 Å². The molecule has 0 aromatic carbocycles. The zero-order valence-corrected chi connectivity index (χ0v) is 11.3. The number of nitrogens with zero attached hydrogens (tertiary/aromatic N) is 3. The summed E-state index contributed by atoms with van der Waals surface area (Å²) in [6, 6.07) is 3.63. The molecule has 1 atom stereocenters. The van der Waals surface area contributed by atoms with Gasteiger partial charge in [0.15, 0.2) is 0 Å². The number of aliphatic hydroxyl groups excluding tert-OH is 1. The van der Waals surface area contributed by atoms with Gasteiger partial charge in [-0.2, -0.15) is 5.10 Å². The number of pyridine rings is 1. The Balaban J connectivity index is 2.21. The fraction of sp³-hybridized carbons (Fsp3) is 0.429. The summed E-state index contributed by atoms with van der Waals surface area (Å²) in [7, 11) is 0. The molecule has 102 valence electrons. The van der Waals surface area contributed by atoms with Crippen molar-refractivity contribution >= 4 is 0 Å². The number of aliphatic hydroxyl groups is 1. The van der Waals surface area contributed by atoms with E-state index < -0.39 is 6.10 Å². The summed E-state index contributed by atoms with van der Waals surface area (Å²) in [5.41, 5.74) is 1.47. The van der Waals surface area contributed by atoms with Gasteiger partial charge >= 0.3 is 0 Å².